The normalized spacial score (nSPS) is 10.3. The molecule has 0 aliphatic heterocycles. The average Bonchev–Trinajstić information content (AvgIpc) is 2.92. The van der Waals surface area contributed by atoms with Crippen LogP contribution in [0.1, 0.15) is 23.8 Å². The molecule has 6 heteroatoms. The molecule has 0 saturated carbocycles. The maximum absolute atomic E-state index is 12.1. The fourth-order valence-corrected chi connectivity index (χ4v) is 2.00. The highest BCUT2D eigenvalue weighted by atomic mass is 19.3. The summed E-state index contributed by atoms with van der Waals surface area (Å²) in [7, 11) is 0. The monoisotopic (exact) mass is 306 g/mol. The van der Waals surface area contributed by atoms with Gasteiger partial charge in [-0.25, -0.2) is 4.79 Å². The number of aryl methyl sites for hydroxylation is 1. The second-order valence-corrected chi connectivity index (χ2v) is 4.51. The standard InChI is InChI=1S/C16H16F2N2O2/c1-2-22-16(21)14-11-13(12-7-4-3-5-8-12)19-20(14)10-6-9-15(17)18/h3-5,7-9,11H,2,6,10H2,1H3. The number of ether oxygens (including phenoxy) is 1. The summed E-state index contributed by atoms with van der Waals surface area (Å²) >= 11 is 0. The van der Waals surface area contributed by atoms with Crippen molar-refractivity contribution in [3.8, 4) is 11.3 Å². The maximum Gasteiger partial charge on any atom is 0.356 e. The number of nitrogens with zero attached hydrogens (tertiary/aromatic N) is 2. The van der Waals surface area contributed by atoms with E-state index in [-0.39, 0.29) is 25.3 Å². The Bertz CT molecular complexity index is 662. The third-order valence-corrected chi connectivity index (χ3v) is 2.97. The number of rotatable bonds is 6. The Morgan fingerprint density at radius 3 is 2.68 bits per heavy atom. The minimum absolute atomic E-state index is 0.0879. The first-order valence-corrected chi connectivity index (χ1v) is 6.93. The Hall–Kier alpha value is -2.50. The summed E-state index contributed by atoms with van der Waals surface area (Å²) in [6, 6.07) is 10.9. The van der Waals surface area contributed by atoms with Gasteiger partial charge in [0, 0.05) is 12.1 Å². The second kappa shape index (κ2) is 7.49. The zero-order chi connectivity index (χ0) is 15.9. The van der Waals surface area contributed by atoms with Gasteiger partial charge in [-0.3, -0.25) is 4.68 Å². The van der Waals surface area contributed by atoms with Gasteiger partial charge >= 0.3 is 5.97 Å². The summed E-state index contributed by atoms with van der Waals surface area (Å²) in [5.41, 5.74) is 1.71. The third kappa shape index (κ3) is 4.00. The van der Waals surface area contributed by atoms with Gasteiger partial charge in [0.15, 0.2) is 0 Å². The lowest BCUT2D eigenvalue weighted by molar-refractivity contribution is 0.0512. The van der Waals surface area contributed by atoms with Crippen LogP contribution >= 0.6 is 0 Å². The van der Waals surface area contributed by atoms with Gasteiger partial charge in [-0.15, -0.1) is 0 Å². The number of carbonyl (C=O) groups excluding carboxylic acids is 1. The number of hydrogen-bond donors (Lipinski definition) is 0. The van der Waals surface area contributed by atoms with Gasteiger partial charge in [0.05, 0.1) is 12.3 Å². The number of carbonyl (C=O) groups is 1. The van der Waals surface area contributed by atoms with Gasteiger partial charge in [0.2, 0.25) is 0 Å². The van der Waals surface area contributed by atoms with Crippen molar-refractivity contribution in [3.63, 3.8) is 0 Å². The van der Waals surface area contributed by atoms with E-state index >= 15 is 0 Å². The van der Waals surface area contributed by atoms with Crippen LogP contribution in [0.3, 0.4) is 0 Å². The van der Waals surface area contributed by atoms with E-state index < -0.39 is 12.0 Å². The molecule has 1 aromatic carbocycles. The fourth-order valence-electron chi connectivity index (χ4n) is 2.00. The first-order valence-electron chi connectivity index (χ1n) is 6.93. The first-order chi connectivity index (χ1) is 10.6. The Morgan fingerprint density at radius 1 is 1.32 bits per heavy atom. The average molecular weight is 306 g/mol. The summed E-state index contributed by atoms with van der Waals surface area (Å²) in [5, 5.41) is 4.32. The number of halogens is 2. The fraction of sp³-hybridized carbons (Fsp3) is 0.250. The van der Waals surface area contributed by atoms with Gasteiger partial charge in [0.1, 0.15) is 5.69 Å². The van der Waals surface area contributed by atoms with E-state index in [1.807, 2.05) is 30.3 Å². The molecule has 1 heterocycles. The lowest BCUT2D eigenvalue weighted by Gasteiger charge is -2.04. The number of esters is 1. The molecular formula is C16H16F2N2O2. The summed E-state index contributed by atoms with van der Waals surface area (Å²) in [5.74, 6) is -0.512. The molecule has 0 fully saturated rings. The Balaban J connectivity index is 2.30. The van der Waals surface area contributed by atoms with E-state index in [2.05, 4.69) is 5.10 Å². The van der Waals surface area contributed by atoms with E-state index in [9.17, 15) is 13.6 Å². The van der Waals surface area contributed by atoms with Crippen LogP contribution in [-0.2, 0) is 11.3 Å². The van der Waals surface area contributed by atoms with E-state index in [1.54, 1.807) is 13.0 Å². The molecule has 0 atom stereocenters. The minimum Gasteiger partial charge on any atom is -0.461 e. The molecule has 0 unspecified atom stereocenters. The molecular weight excluding hydrogens is 290 g/mol. The minimum atomic E-state index is -1.74. The van der Waals surface area contributed by atoms with Gasteiger partial charge in [-0.2, -0.15) is 13.9 Å². The Kier molecular flexibility index (Phi) is 5.41. The van der Waals surface area contributed by atoms with E-state index in [1.165, 1.54) is 4.68 Å². The molecule has 0 aliphatic rings. The number of hydrogen-bond acceptors (Lipinski definition) is 3. The number of benzene rings is 1. The molecule has 0 spiro atoms. The van der Waals surface area contributed by atoms with Gasteiger partial charge in [-0.1, -0.05) is 30.3 Å². The molecule has 0 radical (unpaired) electrons. The quantitative estimate of drug-likeness (QED) is 0.760. The summed E-state index contributed by atoms with van der Waals surface area (Å²) in [4.78, 5) is 12.0. The molecule has 0 N–H and O–H groups in total. The van der Waals surface area contributed by atoms with Crippen LogP contribution in [-0.4, -0.2) is 22.4 Å². The third-order valence-electron chi connectivity index (χ3n) is 2.97. The van der Waals surface area contributed by atoms with Crippen molar-refractivity contribution < 1.29 is 18.3 Å². The highest BCUT2D eigenvalue weighted by molar-refractivity contribution is 5.89. The van der Waals surface area contributed by atoms with E-state index in [0.717, 1.165) is 11.6 Å². The predicted octanol–water partition coefficient (Wildman–Crippen LogP) is 3.90. The van der Waals surface area contributed by atoms with Crippen LogP contribution in [0.4, 0.5) is 8.78 Å². The smallest absolute Gasteiger partial charge is 0.356 e. The van der Waals surface area contributed by atoms with Crippen LogP contribution in [0.5, 0.6) is 0 Å². The first kappa shape index (κ1) is 15.9. The summed E-state index contributed by atoms with van der Waals surface area (Å²) in [6.45, 7) is 2.12. The van der Waals surface area contributed by atoms with Crippen molar-refractivity contribution in [2.75, 3.05) is 6.61 Å². The van der Waals surface area contributed by atoms with Crippen molar-refractivity contribution in [1.29, 1.82) is 0 Å². The van der Waals surface area contributed by atoms with Crippen molar-refractivity contribution in [1.82, 2.24) is 9.78 Å². The highest BCUT2D eigenvalue weighted by Gasteiger charge is 2.16. The van der Waals surface area contributed by atoms with Crippen LogP contribution in [0.15, 0.2) is 48.6 Å². The van der Waals surface area contributed by atoms with Crippen LogP contribution in [0.25, 0.3) is 11.3 Å². The summed E-state index contributed by atoms with van der Waals surface area (Å²) < 4.78 is 30.6. The van der Waals surface area contributed by atoms with Crippen LogP contribution < -0.4 is 0 Å². The van der Waals surface area contributed by atoms with Crippen LogP contribution in [0, 0.1) is 0 Å². The number of aromatic nitrogens is 2. The molecule has 116 valence electrons. The topological polar surface area (TPSA) is 44.1 Å². The van der Waals surface area contributed by atoms with Crippen molar-refractivity contribution >= 4 is 5.97 Å². The lowest BCUT2D eigenvalue weighted by atomic mass is 10.1. The molecule has 0 amide bonds. The molecule has 2 aromatic rings. The van der Waals surface area contributed by atoms with E-state index in [0.29, 0.717) is 5.69 Å². The molecule has 2 rings (SSSR count). The number of allylic oxidation sites excluding steroid dienone is 1. The largest absolute Gasteiger partial charge is 0.461 e. The molecule has 0 bridgehead atoms. The zero-order valence-corrected chi connectivity index (χ0v) is 12.1. The lowest BCUT2D eigenvalue weighted by Crippen LogP contribution is -2.13. The summed E-state index contributed by atoms with van der Waals surface area (Å²) in [6.07, 6.45) is -0.850. The van der Waals surface area contributed by atoms with Gasteiger partial charge in [0.25, 0.3) is 6.08 Å². The van der Waals surface area contributed by atoms with Crippen molar-refractivity contribution in [2.45, 2.75) is 19.9 Å². The SMILES string of the molecule is CCOC(=O)c1cc(-c2ccccc2)nn1CCC=C(F)F. The van der Waals surface area contributed by atoms with Gasteiger partial charge in [-0.05, 0) is 25.5 Å². The van der Waals surface area contributed by atoms with Gasteiger partial charge < -0.3 is 4.74 Å². The molecule has 4 nitrogen and oxygen atoms in total. The van der Waals surface area contributed by atoms with E-state index in [4.69, 9.17) is 4.74 Å². The van der Waals surface area contributed by atoms with Crippen molar-refractivity contribution in [3.05, 3.63) is 54.2 Å². The second-order valence-electron chi connectivity index (χ2n) is 4.51. The maximum atomic E-state index is 12.1. The molecule has 22 heavy (non-hydrogen) atoms. The Labute approximate surface area is 127 Å². The predicted molar refractivity (Wildman–Crippen MR) is 78.5 cm³/mol. The molecule has 1 aromatic heterocycles. The highest BCUT2D eigenvalue weighted by Crippen LogP contribution is 2.20. The van der Waals surface area contributed by atoms with Crippen LogP contribution in [0.2, 0.25) is 0 Å². The van der Waals surface area contributed by atoms with Crippen molar-refractivity contribution in [2.24, 2.45) is 0 Å². The zero-order valence-electron chi connectivity index (χ0n) is 12.1. The molecule has 0 aliphatic carbocycles. The Morgan fingerprint density at radius 2 is 2.05 bits per heavy atom. The molecule has 0 saturated heterocycles.